The van der Waals surface area contributed by atoms with Gasteiger partial charge in [-0.3, -0.25) is 4.90 Å². The zero-order valence-electron chi connectivity index (χ0n) is 8.52. The zero-order valence-corrected chi connectivity index (χ0v) is 8.52. The molecule has 0 saturated heterocycles. The van der Waals surface area contributed by atoms with Gasteiger partial charge >= 0.3 is 0 Å². The van der Waals surface area contributed by atoms with Crippen molar-refractivity contribution in [3.05, 3.63) is 6.04 Å². The summed E-state index contributed by atoms with van der Waals surface area (Å²) in [7, 11) is 6.36. The van der Waals surface area contributed by atoms with E-state index in [1.165, 1.54) is 12.5 Å². The number of hydrogen-bond acceptors (Lipinski definition) is 2. The van der Waals surface area contributed by atoms with Crippen molar-refractivity contribution in [2.75, 3.05) is 34.2 Å². The van der Waals surface area contributed by atoms with Gasteiger partial charge in [0.05, 0.1) is 0 Å². The molecule has 0 fully saturated rings. The van der Waals surface area contributed by atoms with Crippen LogP contribution in [0.2, 0.25) is 0 Å². The third-order valence-electron chi connectivity index (χ3n) is 2.05. The average molecular weight is 157 g/mol. The van der Waals surface area contributed by atoms with Crippen LogP contribution in [0.5, 0.6) is 0 Å². The molecule has 0 aromatic rings. The van der Waals surface area contributed by atoms with Crippen LogP contribution in [0.4, 0.5) is 0 Å². The van der Waals surface area contributed by atoms with Crippen LogP contribution in [-0.4, -0.2) is 44.0 Å². The maximum atomic E-state index is 2.30. The molecule has 0 aromatic heterocycles. The highest BCUT2D eigenvalue weighted by Gasteiger charge is 2.07. The summed E-state index contributed by atoms with van der Waals surface area (Å²) in [6.45, 7) is 6.64. The van der Waals surface area contributed by atoms with Crippen molar-refractivity contribution in [3.63, 3.8) is 0 Å². The third-order valence-corrected chi connectivity index (χ3v) is 2.05. The van der Waals surface area contributed by atoms with E-state index in [0.717, 1.165) is 13.1 Å². The fraction of sp³-hybridized carbons (Fsp3) is 0.889. The Morgan fingerprint density at radius 2 is 1.73 bits per heavy atom. The van der Waals surface area contributed by atoms with Gasteiger partial charge in [0.25, 0.3) is 0 Å². The van der Waals surface area contributed by atoms with E-state index in [1.807, 2.05) is 0 Å². The number of hydrogen-bond donors (Lipinski definition) is 0. The molecule has 0 amide bonds. The molecule has 0 atom stereocenters. The average Bonchev–Trinajstić information content (AvgIpc) is 1.98. The summed E-state index contributed by atoms with van der Waals surface area (Å²) >= 11 is 0. The van der Waals surface area contributed by atoms with E-state index < -0.39 is 0 Å². The molecule has 67 valence electrons. The van der Waals surface area contributed by atoms with Gasteiger partial charge in [-0.15, -0.1) is 0 Å². The van der Waals surface area contributed by atoms with Gasteiger partial charge in [-0.2, -0.15) is 0 Å². The first-order chi connectivity index (χ1) is 5.07. The van der Waals surface area contributed by atoms with E-state index in [9.17, 15) is 0 Å². The molecule has 11 heavy (non-hydrogen) atoms. The van der Waals surface area contributed by atoms with Crippen LogP contribution in [0.3, 0.4) is 0 Å². The molecule has 1 radical (unpaired) electrons. The molecule has 0 spiro atoms. The Bertz CT molecular complexity index is 91.6. The minimum absolute atomic E-state index is 1.11. The van der Waals surface area contributed by atoms with E-state index in [0.29, 0.717) is 0 Å². The maximum absolute atomic E-state index is 2.30. The van der Waals surface area contributed by atoms with Crippen molar-refractivity contribution in [2.45, 2.75) is 20.3 Å². The van der Waals surface area contributed by atoms with E-state index in [4.69, 9.17) is 0 Å². The molecule has 0 aliphatic heterocycles. The normalized spacial score (nSPS) is 12.0. The second-order valence-corrected chi connectivity index (χ2v) is 3.30. The Morgan fingerprint density at radius 1 is 1.18 bits per heavy atom. The third kappa shape index (κ3) is 5.22. The Kier molecular flexibility index (Phi) is 5.51. The Morgan fingerprint density at radius 3 is 2.09 bits per heavy atom. The van der Waals surface area contributed by atoms with E-state index in [1.54, 1.807) is 0 Å². The van der Waals surface area contributed by atoms with Gasteiger partial charge in [0, 0.05) is 6.04 Å². The zero-order chi connectivity index (χ0) is 8.85. The number of nitrogens with zero attached hydrogens (tertiary/aromatic N) is 2. The maximum Gasteiger partial charge on any atom is 0.0371 e. The van der Waals surface area contributed by atoms with Gasteiger partial charge in [-0.05, 0) is 47.6 Å². The van der Waals surface area contributed by atoms with Crippen LogP contribution in [-0.2, 0) is 0 Å². The van der Waals surface area contributed by atoms with Gasteiger partial charge in [0.2, 0.25) is 0 Å². The van der Waals surface area contributed by atoms with Crippen LogP contribution in [0.1, 0.15) is 20.3 Å². The molecular formula is C9H21N2. The summed E-state index contributed by atoms with van der Waals surface area (Å²) in [5.41, 5.74) is 0. The van der Waals surface area contributed by atoms with E-state index in [-0.39, 0.29) is 0 Å². The standard InChI is InChI=1S/C9H21N2/c1-6-11(5)9(2)7-8-10(3)4/h6-8H2,1-5H3. The van der Waals surface area contributed by atoms with Crippen LogP contribution in [0, 0.1) is 6.04 Å². The van der Waals surface area contributed by atoms with Gasteiger partial charge in [0.1, 0.15) is 0 Å². The quantitative estimate of drug-likeness (QED) is 0.596. The van der Waals surface area contributed by atoms with Crippen LogP contribution < -0.4 is 0 Å². The minimum atomic E-state index is 1.11. The van der Waals surface area contributed by atoms with Crippen LogP contribution in [0.25, 0.3) is 0 Å². The molecular weight excluding hydrogens is 136 g/mol. The molecule has 2 nitrogen and oxygen atoms in total. The van der Waals surface area contributed by atoms with Crippen molar-refractivity contribution in [3.8, 4) is 0 Å². The molecule has 0 N–H and O–H groups in total. The summed E-state index contributed by atoms with van der Waals surface area (Å²) < 4.78 is 0. The molecule has 0 saturated carbocycles. The first-order valence-electron chi connectivity index (χ1n) is 4.26. The highest BCUT2D eigenvalue weighted by atomic mass is 15.1. The smallest absolute Gasteiger partial charge is 0.0371 e. The molecule has 2 heteroatoms. The largest absolute Gasteiger partial charge is 0.309 e. The SMILES string of the molecule is CCN(C)[C](C)CCN(C)C. The monoisotopic (exact) mass is 157 g/mol. The van der Waals surface area contributed by atoms with Crippen LogP contribution >= 0.6 is 0 Å². The highest BCUT2D eigenvalue weighted by molar-refractivity contribution is 4.82. The second kappa shape index (κ2) is 5.56. The van der Waals surface area contributed by atoms with Gasteiger partial charge in [-0.25, -0.2) is 0 Å². The summed E-state index contributed by atoms with van der Waals surface area (Å²) in [4.78, 5) is 4.51. The molecule has 0 rings (SSSR count). The summed E-state index contributed by atoms with van der Waals surface area (Å²) in [6.07, 6.45) is 1.18. The van der Waals surface area contributed by atoms with Crippen molar-refractivity contribution < 1.29 is 0 Å². The summed E-state index contributed by atoms with van der Waals surface area (Å²) in [5, 5.41) is 0. The highest BCUT2D eigenvalue weighted by Crippen LogP contribution is 2.08. The first kappa shape index (κ1) is 10.9. The lowest BCUT2D eigenvalue weighted by Gasteiger charge is -2.23. The second-order valence-electron chi connectivity index (χ2n) is 3.30. The fourth-order valence-corrected chi connectivity index (χ4v) is 0.846. The summed E-state index contributed by atoms with van der Waals surface area (Å²) in [6, 6.07) is 1.47. The van der Waals surface area contributed by atoms with Crippen molar-refractivity contribution in [1.82, 2.24) is 9.80 Å². The fourth-order valence-electron chi connectivity index (χ4n) is 0.846. The topological polar surface area (TPSA) is 6.48 Å². The number of rotatable bonds is 5. The minimum Gasteiger partial charge on any atom is -0.309 e. The molecule has 0 aromatic carbocycles. The predicted molar refractivity (Wildman–Crippen MR) is 50.4 cm³/mol. The lowest BCUT2D eigenvalue weighted by Crippen LogP contribution is -2.25. The van der Waals surface area contributed by atoms with E-state index in [2.05, 4.69) is 44.8 Å². The van der Waals surface area contributed by atoms with Gasteiger partial charge in [0.15, 0.2) is 0 Å². The molecule has 0 bridgehead atoms. The Hall–Kier alpha value is -0.0800. The Labute approximate surface area is 71.2 Å². The van der Waals surface area contributed by atoms with Crippen molar-refractivity contribution in [1.29, 1.82) is 0 Å². The van der Waals surface area contributed by atoms with Crippen molar-refractivity contribution >= 4 is 0 Å². The Balaban J connectivity index is 3.43. The lowest BCUT2D eigenvalue weighted by molar-refractivity contribution is 0.316. The van der Waals surface area contributed by atoms with Crippen LogP contribution in [0.15, 0.2) is 0 Å². The molecule has 0 aliphatic carbocycles. The lowest BCUT2D eigenvalue weighted by atomic mass is 10.2. The summed E-state index contributed by atoms with van der Waals surface area (Å²) in [5.74, 6) is 0. The molecule has 0 unspecified atom stereocenters. The molecule has 0 aliphatic rings. The predicted octanol–water partition coefficient (Wildman–Crippen LogP) is 1.44. The first-order valence-corrected chi connectivity index (χ1v) is 4.26. The molecule has 0 heterocycles. The van der Waals surface area contributed by atoms with Crippen molar-refractivity contribution in [2.24, 2.45) is 0 Å². The van der Waals surface area contributed by atoms with Gasteiger partial charge < -0.3 is 4.90 Å². The van der Waals surface area contributed by atoms with Gasteiger partial charge in [-0.1, -0.05) is 6.92 Å². The van der Waals surface area contributed by atoms with E-state index >= 15 is 0 Å².